The van der Waals surface area contributed by atoms with Crippen molar-refractivity contribution in [2.75, 3.05) is 19.0 Å². The van der Waals surface area contributed by atoms with E-state index in [2.05, 4.69) is 10.5 Å². The fraction of sp³-hybridized carbons (Fsp3) is 0.125. The summed E-state index contributed by atoms with van der Waals surface area (Å²) in [6.07, 6.45) is 1.46. The first-order chi connectivity index (χ1) is 10.5. The topological polar surface area (TPSA) is 44.7 Å². The Morgan fingerprint density at radius 3 is 2.45 bits per heavy atom. The van der Waals surface area contributed by atoms with Crippen molar-refractivity contribution >= 4 is 41.0 Å². The summed E-state index contributed by atoms with van der Waals surface area (Å²) in [7, 11) is 3.88. The highest BCUT2D eigenvalue weighted by Crippen LogP contribution is 2.24. The average Bonchev–Trinajstić information content (AvgIpc) is 2.51. The Balaban J connectivity index is 2.03. The highest BCUT2D eigenvalue weighted by atomic mass is 35.5. The molecule has 1 N–H and O–H groups in total. The van der Waals surface area contributed by atoms with Crippen LogP contribution in [0, 0.1) is 0 Å². The van der Waals surface area contributed by atoms with Crippen molar-refractivity contribution < 1.29 is 4.79 Å². The van der Waals surface area contributed by atoms with Gasteiger partial charge >= 0.3 is 0 Å². The number of hydrazone groups is 1. The van der Waals surface area contributed by atoms with Gasteiger partial charge in [-0.25, -0.2) is 5.43 Å². The maximum absolute atomic E-state index is 12.0. The third kappa shape index (κ3) is 4.00. The summed E-state index contributed by atoms with van der Waals surface area (Å²) >= 11 is 11.9. The number of carbonyl (C=O) groups is 1. The summed E-state index contributed by atoms with van der Waals surface area (Å²) in [4.78, 5) is 13.9. The molecule has 0 heterocycles. The Hall–Kier alpha value is -2.04. The van der Waals surface area contributed by atoms with Gasteiger partial charge in [-0.2, -0.15) is 5.10 Å². The van der Waals surface area contributed by atoms with E-state index < -0.39 is 0 Å². The van der Waals surface area contributed by atoms with Gasteiger partial charge < -0.3 is 4.90 Å². The van der Waals surface area contributed by atoms with Crippen molar-refractivity contribution in [1.82, 2.24) is 5.43 Å². The lowest BCUT2D eigenvalue weighted by molar-refractivity contribution is 0.0955. The SMILES string of the molecule is CN(C)c1ccc(C(=O)NN=Cc2cccc(Cl)c2Cl)cc1. The van der Waals surface area contributed by atoms with Gasteiger partial charge in [0, 0.05) is 30.9 Å². The minimum absolute atomic E-state index is 0.292. The normalized spacial score (nSPS) is 10.7. The van der Waals surface area contributed by atoms with Gasteiger partial charge in [0.15, 0.2) is 0 Å². The van der Waals surface area contributed by atoms with Crippen LogP contribution in [0.3, 0.4) is 0 Å². The van der Waals surface area contributed by atoms with Gasteiger partial charge in [0.05, 0.1) is 16.3 Å². The van der Waals surface area contributed by atoms with Gasteiger partial charge in [-0.3, -0.25) is 4.79 Å². The van der Waals surface area contributed by atoms with E-state index in [1.807, 2.05) is 31.1 Å². The van der Waals surface area contributed by atoms with Crippen LogP contribution in [0.2, 0.25) is 10.0 Å². The van der Waals surface area contributed by atoms with Crippen molar-refractivity contribution in [2.24, 2.45) is 5.10 Å². The summed E-state index contributed by atoms with van der Waals surface area (Å²) in [6, 6.07) is 12.4. The Morgan fingerprint density at radius 2 is 1.82 bits per heavy atom. The molecule has 4 nitrogen and oxygen atoms in total. The number of nitrogens with one attached hydrogen (secondary N) is 1. The summed E-state index contributed by atoms with van der Waals surface area (Å²) < 4.78 is 0. The van der Waals surface area contributed by atoms with E-state index in [0.717, 1.165) is 5.69 Å². The molecule has 22 heavy (non-hydrogen) atoms. The van der Waals surface area contributed by atoms with Gasteiger partial charge in [-0.05, 0) is 30.3 Å². The molecule has 0 spiro atoms. The van der Waals surface area contributed by atoms with E-state index in [-0.39, 0.29) is 5.91 Å². The highest BCUT2D eigenvalue weighted by molar-refractivity contribution is 6.43. The molecule has 0 aliphatic heterocycles. The van der Waals surface area contributed by atoms with E-state index in [1.165, 1.54) is 6.21 Å². The first kappa shape index (κ1) is 16.3. The molecule has 0 bridgehead atoms. The summed E-state index contributed by atoms with van der Waals surface area (Å²) in [6.45, 7) is 0. The van der Waals surface area contributed by atoms with Crippen molar-refractivity contribution in [3.8, 4) is 0 Å². The molecule has 0 radical (unpaired) electrons. The molecule has 0 saturated carbocycles. The number of benzene rings is 2. The van der Waals surface area contributed by atoms with Gasteiger partial charge in [0.2, 0.25) is 0 Å². The smallest absolute Gasteiger partial charge is 0.271 e. The Bertz CT molecular complexity index is 697. The second-order valence-electron chi connectivity index (χ2n) is 4.78. The molecule has 0 unspecified atom stereocenters. The first-order valence-corrected chi connectivity index (χ1v) is 7.29. The molecule has 114 valence electrons. The Morgan fingerprint density at radius 1 is 1.14 bits per heavy atom. The fourth-order valence-electron chi connectivity index (χ4n) is 1.76. The van der Waals surface area contributed by atoms with Gasteiger partial charge in [0.1, 0.15) is 0 Å². The second-order valence-corrected chi connectivity index (χ2v) is 5.57. The average molecular weight is 336 g/mol. The van der Waals surface area contributed by atoms with Gasteiger partial charge in [0.25, 0.3) is 5.91 Å². The van der Waals surface area contributed by atoms with Crippen molar-refractivity contribution in [1.29, 1.82) is 0 Å². The molecule has 6 heteroatoms. The second kappa shape index (κ2) is 7.29. The largest absolute Gasteiger partial charge is 0.378 e. The third-order valence-electron chi connectivity index (χ3n) is 3.00. The van der Waals surface area contributed by atoms with Crippen LogP contribution in [-0.4, -0.2) is 26.2 Å². The minimum Gasteiger partial charge on any atom is -0.378 e. The highest BCUT2D eigenvalue weighted by Gasteiger charge is 2.05. The summed E-state index contributed by atoms with van der Waals surface area (Å²) in [5.41, 5.74) is 4.64. The Labute approximate surface area is 139 Å². The number of rotatable bonds is 4. The van der Waals surface area contributed by atoms with Crippen LogP contribution in [0.4, 0.5) is 5.69 Å². The number of hydrogen-bond donors (Lipinski definition) is 1. The molecule has 0 atom stereocenters. The number of carbonyl (C=O) groups excluding carboxylic acids is 1. The van der Waals surface area contributed by atoms with Crippen molar-refractivity contribution in [2.45, 2.75) is 0 Å². The van der Waals surface area contributed by atoms with Crippen LogP contribution in [0.25, 0.3) is 0 Å². The lowest BCUT2D eigenvalue weighted by Gasteiger charge is -2.12. The quantitative estimate of drug-likeness (QED) is 0.681. The van der Waals surface area contributed by atoms with Crippen molar-refractivity contribution in [3.63, 3.8) is 0 Å². The molecule has 1 amide bonds. The Kier molecular flexibility index (Phi) is 5.41. The molecular formula is C16H15Cl2N3O. The van der Waals surface area contributed by atoms with E-state index in [4.69, 9.17) is 23.2 Å². The number of halogens is 2. The van der Waals surface area contributed by atoms with E-state index in [0.29, 0.717) is 21.2 Å². The van der Waals surface area contributed by atoms with E-state index in [1.54, 1.807) is 30.3 Å². The van der Waals surface area contributed by atoms with Crippen LogP contribution >= 0.6 is 23.2 Å². The maximum atomic E-state index is 12.0. The molecule has 2 aromatic rings. The zero-order valence-corrected chi connectivity index (χ0v) is 13.7. The molecule has 0 saturated heterocycles. The fourth-order valence-corrected chi connectivity index (χ4v) is 2.11. The first-order valence-electron chi connectivity index (χ1n) is 6.54. The molecule has 0 aliphatic carbocycles. The zero-order chi connectivity index (χ0) is 16.1. The molecule has 0 aliphatic rings. The van der Waals surface area contributed by atoms with Crippen molar-refractivity contribution in [3.05, 3.63) is 63.6 Å². The third-order valence-corrected chi connectivity index (χ3v) is 3.83. The van der Waals surface area contributed by atoms with Crippen LogP contribution < -0.4 is 10.3 Å². The van der Waals surface area contributed by atoms with Crippen LogP contribution in [0.5, 0.6) is 0 Å². The summed E-state index contributed by atoms with van der Waals surface area (Å²) in [5, 5.41) is 4.74. The van der Waals surface area contributed by atoms with E-state index in [9.17, 15) is 4.79 Å². The number of anilines is 1. The standard InChI is InChI=1S/C16H15Cl2N3O/c1-21(2)13-8-6-11(7-9-13)16(22)20-19-10-12-4-3-5-14(17)15(12)18/h3-10H,1-2H3,(H,20,22). The minimum atomic E-state index is -0.292. The maximum Gasteiger partial charge on any atom is 0.271 e. The number of nitrogens with zero attached hydrogens (tertiary/aromatic N) is 2. The van der Waals surface area contributed by atoms with Crippen LogP contribution in [0.15, 0.2) is 47.6 Å². The zero-order valence-electron chi connectivity index (χ0n) is 12.2. The monoisotopic (exact) mass is 335 g/mol. The lowest BCUT2D eigenvalue weighted by atomic mass is 10.2. The van der Waals surface area contributed by atoms with Gasteiger partial charge in [-0.15, -0.1) is 0 Å². The van der Waals surface area contributed by atoms with E-state index >= 15 is 0 Å². The molecule has 0 aromatic heterocycles. The lowest BCUT2D eigenvalue weighted by Crippen LogP contribution is -2.18. The summed E-state index contributed by atoms with van der Waals surface area (Å²) in [5.74, 6) is -0.292. The molecule has 2 aromatic carbocycles. The molecule has 0 fully saturated rings. The molecular weight excluding hydrogens is 321 g/mol. The molecule has 2 rings (SSSR count). The predicted molar refractivity (Wildman–Crippen MR) is 92.3 cm³/mol. The van der Waals surface area contributed by atoms with Gasteiger partial charge in [-0.1, -0.05) is 35.3 Å². The van der Waals surface area contributed by atoms with Crippen LogP contribution in [0.1, 0.15) is 15.9 Å². The number of hydrogen-bond acceptors (Lipinski definition) is 3. The predicted octanol–water partition coefficient (Wildman–Crippen LogP) is 3.82. The number of amides is 1. The van der Waals surface area contributed by atoms with Crippen LogP contribution in [-0.2, 0) is 0 Å².